The number of unbranched alkanes of at least 4 members (excludes halogenated alkanes) is 2. The van der Waals surface area contributed by atoms with E-state index in [1.807, 2.05) is 6.92 Å². The third-order valence-electron chi connectivity index (χ3n) is 4.16. The van der Waals surface area contributed by atoms with E-state index >= 15 is 0 Å². The van der Waals surface area contributed by atoms with Crippen LogP contribution in [-0.4, -0.2) is 5.97 Å². The summed E-state index contributed by atoms with van der Waals surface area (Å²) in [6.07, 6.45) is 31.5. The summed E-state index contributed by atoms with van der Waals surface area (Å²) < 4.78 is 0. The van der Waals surface area contributed by atoms with Crippen LogP contribution < -0.4 is 11.3 Å². The molecule has 0 fully saturated rings. The van der Waals surface area contributed by atoms with Crippen LogP contribution in [0.25, 0.3) is 0 Å². The SMILES string of the molecule is CC/C=C/C/C=C/C/C=C/C/C=C/C/C=C/CCCCC(CC)C(=O)[O-].[NH4+]. The predicted octanol–water partition coefficient (Wildman–Crippen LogP) is 6.45. The van der Waals surface area contributed by atoms with Crippen molar-refractivity contribution in [2.24, 2.45) is 5.92 Å². The molecule has 0 aromatic carbocycles. The lowest BCUT2D eigenvalue weighted by molar-refractivity contribution is -0.311. The van der Waals surface area contributed by atoms with Gasteiger partial charge < -0.3 is 16.1 Å². The zero-order valence-electron chi connectivity index (χ0n) is 17.7. The minimum Gasteiger partial charge on any atom is -0.550 e. The fraction of sp³-hybridized carbons (Fsp3) is 0.542. The molecule has 3 nitrogen and oxygen atoms in total. The first kappa shape index (κ1) is 27.3. The van der Waals surface area contributed by atoms with Crippen molar-refractivity contribution in [3.63, 3.8) is 0 Å². The molecule has 0 aromatic heterocycles. The van der Waals surface area contributed by atoms with Gasteiger partial charge in [-0.1, -0.05) is 81.0 Å². The zero-order valence-corrected chi connectivity index (χ0v) is 17.7. The van der Waals surface area contributed by atoms with E-state index in [1.54, 1.807) is 0 Å². The predicted molar refractivity (Wildman–Crippen MR) is 118 cm³/mol. The number of quaternary nitrogens is 1. The minimum atomic E-state index is -0.901. The van der Waals surface area contributed by atoms with Crippen LogP contribution in [0.2, 0.25) is 0 Å². The molecule has 0 radical (unpaired) electrons. The smallest absolute Gasteiger partial charge is 0.0445 e. The first-order valence-electron chi connectivity index (χ1n) is 10.2. The topological polar surface area (TPSA) is 76.6 Å². The van der Waals surface area contributed by atoms with Gasteiger partial charge in [-0.15, -0.1) is 0 Å². The third kappa shape index (κ3) is 20.3. The summed E-state index contributed by atoms with van der Waals surface area (Å²) in [6.45, 7) is 4.06. The Morgan fingerprint density at radius 2 is 1.19 bits per heavy atom. The second-order valence-electron chi connectivity index (χ2n) is 6.42. The van der Waals surface area contributed by atoms with Crippen molar-refractivity contribution < 1.29 is 9.90 Å². The van der Waals surface area contributed by atoms with Crippen LogP contribution in [-0.2, 0) is 4.79 Å². The van der Waals surface area contributed by atoms with Gasteiger partial charge in [0.25, 0.3) is 0 Å². The molecule has 154 valence electrons. The van der Waals surface area contributed by atoms with Crippen molar-refractivity contribution in [1.29, 1.82) is 0 Å². The first-order valence-corrected chi connectivity index (χ1v) is 10.2. The highest BCUT2D eigenvalue weighted by Gasteiger charge is 2.05. The molecule has 3 heteroatoms. The molecule has 0 saturated heterocycles. The fourth-order valence-electron chi connectivity index (χ4n) is 2.51. The summed E-state index contributed by atoms with van der Waals surface area (Å²) in [7, 11) is 0. The quantitative estimate of drug-likeness (QED) is 0.248. The molecule has 0 aliphatic carbocycles. The number of aliphatic carboxylic acids is 1. The maximum absolute atomic E-state index is 10.8. The summed E-state index contributed by atoms with van der Waals surface area (Å²) in [4.78, 5) is 10.8. The van der Waals surface area contributed by atoms with Crippen LogP contribution in [0.15, 0.2) is 60.8 Å². The van der Waals surface area contributed by atoms with E-state index in [-0.39, 0.29) is 12.1 Å². The molecular weight excluding hydrogens is 334 g/mol. The lowest BCUT2D eigenvalue weighted by atomic mass is 9.99. The molecule has 0 aliphatic heterocycles. The minimum absolute atomic E-state index is 0. The van der Waals surface area contributed by atoms with Crippen LogP contribution in [0.3, 0.4) is 0 Å². The Hall–Kier alpha value is -1.87. The lowest BCUT2D eigenvalue weighted by Crippen LogP contribution is -2.30. The van der Waals surface area contributed by atoms with E-state index < -0.39 is 5.97 Å². The summed E-state index contributed by atoms with van der Waals surface area (Å²) in [5.74, 6) is -1.18. The van der Waals surface area contributed by atoms with E-state index in [2.05, 4.69) is 67.7 Å². The average molecular weight is 376 g/mol. The van der Waals surface area contributed by atoms with Crippen molar-refractivity contribution in [2.45, 2.75) is 78.1 Å². The van der Waals surface area contributed by atoms with Crippen molar-refractivity contribution >= 4 is 5.97 Å². The van der Waals surface area contributed by atoms with Gasteiger partial charge in [0.05, 0.1) is 0 Å². The summed E-state index contributed by atoms with van der Waals surface area (Å²) >= 11 is 0. The van der Waals surface area contributed by atoms with Gasteiger partial charge in [-0.05, 0) is 63.7 Å². The molecule has 1 unspecified atom stereocenters. The fourth-order valence-corrected chi connectivity index (χ4v) is 2.51. The average Bonchev–Trinajstić information content (AvgIpc) is 2.63. The number of carbonyl (C=O) groups excluding carboxylic acids is 1. The Balaban J connectivity index is 0. The molecule has 0 spiro atoms. The first-order chi connectivity index (χ1) is 12.7. The molecule has 27 heavy (non-hydrogen) atoms. The normalized spacial score (nSPS) is 13.4. The van der Waals surface area contributed by atoms with Gasteiger partial charge in [0, 0.05) is 5.97 Å². The molecule has 0 aliphatic rings. The van der Waals surface area contributed by atoms with Gasteiger partial charge in [0.2, 0.25) is 0 Å². The third-order valence-corrected chi connectivity index (χ3v) is 4.16. The zero-order chi connectivity index (χ0) is 19.3. The lowest BCUT2D eigenvalue weighted by Gasteiger charge is -2.14. The van der Waals surface area contributed by atoms with E-state index in [9.17, 15) is 9.90 Å². The number of rotatable bonds is 16. The van der Waals surface area contributed by atoms with Crippen molar-refractivity contribution in [1.82, 2.24) is 6.15 Å². The molecule has 0 amide bonds. The van der Waals surface area contributed by atoms with Crippen LogP contribution in [0, 0.1) is 5.92 Å². The van der Waals surface area contributed by atoms with Crippen LogP contribution >= 0.6 is 0 Å². The van der Waals surface area contributed by atoms with Crippen LogP contribution in [0.4, 0.5) is 0 Å². The summed E-state index contributed by atoms with van der Waals surface area (Å²) in [5.41, 5.74) is 0. The number of hydrogen-bond donors (Lipinski definition) is 1. The van der Waals surface area contributed by atoms with Crippen molar-refractivity contribution in [2.75, 3.05) is 0 Å². The number of allylic oxidation sites excluding steroid dienone is 10. The molecule has 4 N–H and O–H groups in total. The molecule has 0 heterocycles. The Labute approximate surface area is 167 Å². The summed E-state index contributed by atoms with van der Waals surface area (Å²) in [6, 6.07) is 0. The van der Waals surface area contributed by atoms with Gasteiger partial charge >= 0.3 is 0 Å². The Kier molecular flexibility index (Phi) is 22.5. The standard InChI is InChI=1S/C24H38O2.H3N/c1-3-5-6-7-8-9-10-11-12-13-14-15-16-17-18-19-20-21-22-23(4-2)24(25)26;/h5-6,8-9,11-12,14-15,17-18,23H,3-4,7,10,13,16,19-22H2,1-2H3,(H,25,26);1H3/b6-5+,9-8+,12-11+,15-14+,18-17+;. The van der Waals surface area contributed by atoms with Crippen LogP contribution in [0.1, 0.15) is 78.1 Å². The van der Waals surface area contributed by atoms with E-state index in [1.165, 1.54) is 0 Å². The van der Waals surface area contributed by atoms with Crippen molar-refractivity contribution in [3.05, 3.63) is 60.8 Å². The molecule has 0 rings (SSSR count). The maximum atomic E-state index is 10.8. The number of carboxylic acids is 1. The second-order valence-corrected chi connectivity index (χ2v) is 6.42. The number of carbonyl (C=O) groups is 1. The van der Waals surface area contributed by atoms with E-state index in [0.717, 1.165) is 57.8 Å². The van der Waals surface area contributed by atoms with Gasteiger partial charge in [-0.25, -0.2) is 0 Å². The molecule has 0 aromatic rings. The van der Waals surface area contributed by atoms with Gasteiger partial charge in [-0.2, -0.15) is 0 Å². The Bertz CT molecular complexity index is 473. The van der Waals surface area contributed by atoms with E-state index in [4.69, 9.17) is 0 Å². The highest BCUT2D eigenvalue weighted by Crippen LogP contribution is 2.13. The van der Waals surface area contributed by atoms with Gasteiger partial charge in [-0.3, -0.25) is 0 Å². The molecule has 0 bridgehead atoms. The molecular formula is C24H41NO2. The highest BCUT2D eigenvalue weighted by atomic mass is 16.4. The Morgan fingerprint density at radius 3 is 1.59 bits per heavy atom. The second kappa shape index (κ2) is 22.2. The van der Waals surface area contributed by atoms with Gasteiger partial charge in [0.15, 0.2) is 0 Å². The number of carboxylic acid groups (broad SMARTS) is 1. The molecule has 0 saturated carbocycles. The van der Waals surface area contributed by atoms with Gasteiger partial charge in [0.1, 0.15) is 0 Å². The summed E-state index contributed by atoms with van der Waals surface area (Å²) in [5, 5.41) is 10.8. The van der Waals surface area contributed by atoms with Crippen LogP contribution in [0.5, 0.6) is 0 Å². The van der Waals surface area contributed by atoms with Crippen molar-refractivity contribution in [3.8, 4) is 0 Å². The largest absolute Gasteiger partial charge is 0.550 e. The number of hydrogen-bond acceptors (Lipinski definition) is 2. The Morgan fingerprint density at radius 1 is 0.741 bits per heavy atom. The van der Waals surface area contributed by atoms with E-state index in [0.29, 0.717) is 6.42 Å². The maximum Gasteiger partial charge on any atom is 0.0445 e. The highest BCUT2D eigenvalue weighted by molar-refractivity contribution is 5.67. The monoisotopic (exact) mass is 375 g/mol. The molecule has 1 atom stereocenters.